The number of ether oxygens (including phenoxy) is 1. The second-order valence-electron chi connectivity index (χ2n) is 7.88. The Balaban J connectivity index is 1.59. The first-order chi connectivity index (χ1) is 15.4. The van der Waals surface area contributed by atoms with Crippen LogP contribution in [0, 0.1) is 0 Å². The first-order valence-electron chi connectivity index (χ1n) is 10.4. The van der Waals surface area contributed by atoms with Crippen LogP contribution in [0.4, 0.5) is 5.69 Å². The van der Waals surface area contributed by atoms with Gasteiger partial charge in [-0.05, 0) is 54.4 Å². The summed E-state index contributed by atoms with van der Waals surface area (Å²) in [4.78, 5) is 30.6. The highest BCUT2D eigenvalue weighted by atomic mass is 35.5. The van der Waals surface area contributed by atoms with Crippen molar-refractivity contribution in [2.24, 2.45) is 0 Å². The van der Waals surface area contributed by atoms with E-state index in [0.717, 1.165) is 22.4 Å². The molecule has 1 amide bonds. The molecule has 2 aromatic carbocycles. The molecule has 4 rings (SSSR count). The van der Waals surface area contributed by atoms with Crippen LogP contribution in [-0.2, 0) is 22.6 Å². The van der Waals surface area contributed by atoms with Crippen molar-refractivity contribution in [3.8, 4) is 5.75 Å². The molecule has 0 saturated carbocycles. The number of rotatable bonds is 7. The van der Waals surface area contributed by atoms with E-state index in [1.54, 1.807) is 29.4 Å². The molecule has 0 aliphatic carbocycles. The van der Waals surface area contributed by atoms with Gasteiger partial charge in [0.25, 0.3) is 0 Å². The molecule has 32 heavy (non-hydrogen) atoms. The van der Waals surface area contributed by atoms with Crippen molar-refractivity contribution in [2.75, 3.05) is 4.90 Å². The van der Waals surface area contributed by atoms with Crippen LogP contribution in [-0.4, -0.2) is 28.0 Å². The Hall–Kier alpha value is -3.38. The maximum absolute atomic E-state index is 13.2. The Morgan fingerprint density at radius 1 is 1.12 bits per heavy atom. The summed E-state index contributed by atoms with van der Waals surface area (Å²) in [6.45, 7) is 2.24. The van der Waals surface area contributed by atoms with Gasteiger partial charge in [-0.25, -0.2) is 0 Å². The number of anilines is 1. The van der Waals surface area contributed by atoms with Gasteiger partial charge in [0.1, 0.15) is 12.4 Å². The molecule has 0 spiro atoms. The van der Waals surface area contributed by atoms with Crippen LogP contribution in [0.25, 0.3) is 0 Å². The lowest BCUT2D eigenvalue weighted by Crippen LogP contribution is -2.38. The molecule has 7 heteroatoms. The molecule has 6 nitrogen and oxygen atoms in total. The summed E-state index contributed by atoms with van der Waals surface area (Å²) in [6, 6.07) is 16.1. The van der Waals surface area contributed by atoms with E-state index in [1.165, 1.54) is 0 Å². The van der Waals surface area contributed by atoms with Gasteiger partial charge in [-0.1, -0.05) is 29.8 Å². The summed E-state index contributed by atoms with van der Waals surface area (Å²) in [5, 5.41) is 10.1. The van der Waals surface area contributed by atoms with Crippen LogP contribution >= 0.6 is 11.6 Å². The molecular formula is C25H23ClN2O4. The number of carboxylic acids is 1. The number of carbonyl (C=O) groups excluding carboxylic acids is 1. The average molecular weight is 451 g/mol. The monoisotopic (exact) mass is 450 g/mol. The summed E-state index contributed by atoms with van der Waals surface area (Å²) in [6.07, 6.45) is 3.58. The molecule has 3 aromatic rings. The summed E-state index contributed by atoms with van der Waals surface area (Å²) in [5.74, 6) is -0.680. The van der Waals surface area contributed by atoms with Crippen LogP contribution in [0.1, 0.15) is 36.0 Å². The third-order valence-corrected chi connectivity index (χ3v) is 5.96. The predicted octanol–water partition coefficient (Wildman–Crippen LogP) is 4.85. The highest BCUT2D eigenvalue weighted by molar-refractivity contribution is 6.30. The van der Waals surface area contributed by atoms with Gasteiger partial charge >= 0.3 is 5.97 Å². The molecule has 0 bridgehead atoms. The lowest BCUT2D eigenvalue weighted by molar-refractivity contribution is -0.137. The van der Waals surface area contributed by atoms with E-state index in [4.69, 9.17) is 16.3 Å². The van der Waals surface area contributed by atoms with E-state index in [0.29, 0.717) is 17.4 Å². The van der Waals surface area contributed by atoms with Crippen LogP contribution in [0.5, 0.6) is 5.75 Å². The molecule has 2 heterocycles. The zero-order valence-corrected chi connectivity index (χ0v) is 18.3. The molecule has 0 radical (unpaired) electrons. The smallest absolute Gasteiger partial charge is 0.304 e. The molecule has 0 fully saturated rings. The number of benzene rings is 2. The number of pyridine rings is 1. The fourth-order valence-corrected chi connectivity index (χ4v) is 4.27. The first kappa shape index (κ1) is 21.8. The Bertz CT molecular complexity index is 1120. The van der Waals surface area contributed by atoms with Crippen LogP contribution in [0.3, 0.4) is 0 Å². The zero-order chi connectivity index (χ0) is 22.7. The van der Waals surface area contributed by atoms with Crippen molar-refractivity contribution >= 4 is 29.2 Å². The van der Waals surface area contributed by atoms with Gasteiger partial charge in [0, 0.05) is 40.6 Å². The standard InChI is InChI=1S/C25H23ClN2O4/c1-16-21(13-25(30)31)22-12-20(32-15-18-3-2-10-27-14-18)8-9-23(22)28(16)24(29)11-17-4-6-19(26)7-5-17/h2-10,12,14,16,21H,11,13,15H2,1H3,(H,30,31). The van der Waals surface area contributed by atoms with Crippen molar-refractivity contribution in [3.63, 3.8) is 0 Å². The van der Waals surface area contributed by atoms with Crippen molar-refractivity contribution in [2.45, 2.75) is 38.3 Å². The number of halogens is 1. The zero-order valence-electron chi connectivity index (χ0n) is 17.6. The average Bonchev–Trinajstić information content (AvgIpc) is 3.05. The van der Waals surface area contributed by atoms with Crippen molar-refractivity contribution in [1.29, 1.82) is 0 Å². The van der Waals surface area contributed by atoms with Gasteiger partial charge in [-0.3, -0.25) is 14.6 Å². The van der Waals surface area contributed by atoms with E-state index >= 15 is 0 Å². The van der Waals surface area contributed by atoms with E-state index in [9.17, 15) is 14.7 Å². The fourth-order valence-electron chi connectivity index (χ4n) is 4.14. The minimum absolute atomic E-state index is 0.0645. The molecular weight excluding hydrogens is 428 g/mol. The molecule has 2 unspecified atom stereocenters. The highest BCUT2D eigenvalue weighted by Gasteiger charge is 2.40. The minimum atomic E-state index is -0.901. The Morgan fingerprint density at radius 2 is 1.91 bits per heavy atom. The summed E-state index contributed by atoms with van der Waals surface area (Å²) >= 11 is 5.95. The van der Waals surface area contributed by atoms with Gasteiger partial charge in [0.15, 0.2) is 0 Å². The number of carboxylic acid groups (broad SMARTS) is 1. The largest absolute Gasteiger partial charge is 0.489 e. The number of carbonyl (C=O) groups is 2. The lowest BCUT2D eigenvalue weighted by Gasteiger charge is -2.25. The molecule has 164 valence electrons. The highest BCUT2D eigenvalue weighted by Crippen LogP contribution is 2.44. The predicted molar refractivity (Wildman–Crippen MR) is 122 cm³/mol. The normalized spacial score (nSPS) is 17.1. The number of nitrogens with zero attached hydrogens (tertiary/aromatic N) is 2. The number of aliphatic carboxylic acids is 1. The molecule has 0 saturated heterocycles. The van der Waals surface area contributed by atoms with Crippen molar-refractivity contribution < 1.29 is 19.4 Å². The third-order valence-electron chi connectivity index (χ3n) is 5.71. The summed E-state index contributed by atoms with van der Waals surface area (Å²) in [7, 11) is 0. The fraction of sp³-hybridized carbons (Fsp3) is 0.240. The Kier molecular flexibility index (Phi) is 6.42. The van der Waals surface area contributed by atoms with Crippen LogP contribution < -0.4 is 9.64 Å². The number of amides is 1. The molecule has 1 aliphatic heterocycles. The second kappa shape index (κ2) is 9.40. The van der Waals surface area contributed by atoms with Gasteiger partial charge in [-0.15, -0.1) is 0 Å². The van der Waals surface area contributed by atoms with E-state index < -0.39 is 5.97 Å². The quantitative estimate of drug-likeness (QED) is 0.556. The second-order valence-corrected chi connectivity index (χ2v) is 8.32. The van der Waals surface area contributed by atoms with E-state index in [-0.39, 0.29) is 30.7 Å². The SMILES string of the molecule is CC1C(CC(=O)O)c2cc(OCc3cccnc3)ccc2N1C(=O)Cc1ccc(Cl)cc1. The number of hydrogen-bond donors (Lipinski definition) is 1. The molecule has 1 aliphatic rings. The van der Waals surface area contributed by atoms with Crippen LogP contribution in [0.15, 0.2) is 67.0 Å². The Morgan fingerprint density at radius 3 is 2.59 bits per heavy atom. The van der Waals surface area contributed by atoms with Gasteiger partial charge in [-0.2, -0.15) is 0 Å². The topological polar surface area (TPSA) is 79.7 Å². The molecule has 2 atom stereocenters. The van der Waals surface area contributed by atoms with Gasteiger partial charge in [0.2, 0.25) is 5.91 Å². The third kappa shape index (κ3) is 4.75. The van der Waals surface area contributed by atoms with Gasteiger partial charge < -0.3 is 14.7 Å². The van der Waals surface area contributed by atoms with Gasteiger partial charge in [0.05, 0.1) is 12.8 Å². The Labute approximate surface area is 191 Å². The lowest BCUT2D eigenvalue weighted by atomic mass is 9.92. The number of fused-ring (bicyclic) bond motifs is 1. The van der Waals surface area contributed by atoms with Crippen LogP contribution in [0.2, 0.25) is 5.02 Å². The first-order valence-corrected chi connectivity index (χ1v) is 10.7. The van der Waals surface area contributed by atoms with Crippen molar-refractivity contribution in [3.05, 3.63) is 88.7 Å². The maximum atomic E-state index is 13.2. The van der Waals surface area contributed by atoms with Crippen molar-refractivity contribution in [1.82, 2.24) is 4.98 Å². The van der Waals surface area contributed by atoms with E-state index in [2.05, 4.69) is 4.98 Å². The maximum Gasteiger partial charge on any atom is 0.304 e. The number of aromatic nitrogens is 1. The summed E-state index contributed by atoms with van der Waals surface area (Å²) < 4.78 is 5.91. The number of hydrogen-bond acceptors (Lipinski definition) is 4. The molecule has 1 aromatic heterocycles. The molecule has 1 N–H and O–H groups in total. The summed E-state index contributed by atoms with van der Waals surface area (Å²) in [5.41, 5.74) is 3.33. The minimum Gasteiger partial charge on any atom is -0.489 e. The van der Waals surface area contributed by atoms with E-state index in [1.807, 2.05) is 49.4 Å².